The molecular weight excluding hydrogens is 225 g/mol. The van der Waals surface area contributed by atoms with Gasteiger partial charge in [0.15, 0.2) is 0 Å². The van der Waals surface area contributed by atoms with E-state index in [-0.39, 0.29) is 35.9 Å². The standard InChI is InChI=1S/C9H11NO3S.Na.H/c11-14(12,13)8-4-3-7-2-1-5-10-9(7)6-8;;/h3-4,6,10H,1-2,5H2,(H,11,12,13);;/q;+1;-1. The number of fused-ring (bicyclic) bond motifs is 1. The van der Waals surface area contributed by atoms with E-state index in [1.165, 1.54) is 12.1 Å². The van der Waals surface area contributed by atoms with Crippen LogP contribution in [0.3, 0.4) is 0 Å². The molecule has 0 spiro atoms. The Hall–Kier alpha value is -0.0700. The van der Waals surface area contributed by atoms with Gasteiger partial charge in [-0.3, -0.25) is 4.55 Å². The van der Waals surface area contributed by atoms with Gasteiger partial charge in [-0.25, -0.2) is 0 Å². The van der Waals surface area contributed by atoms with E-state index in [2.05, 4.69) is 5.32 Å². The summed E-state index contributed by atoms with van der Waals surface area (Å²) in [5.74, 6) is 0. The second-order valence-electron chi connectivity index (χ2n) is 3.32. The molecule has 0 aromatic heterocycles. The molecule has 0 saturated heterocycles. The molecule has 0 aliphatic carbocycles. The third-order valence-corrected chi connectivity index (χ3v) is 3.17. The maximum Gasteiger partial charge on any atom is 1.00 e. The van der Waals surface area contributed by atoms with Crippen LogP contribution in [0.1, 0.15) is 13.4 Å². The van der Waals surface area contributed by atoms with Crippen LogP contribution in [0.25, 0.3) is 0 Å². The molecule has 78 valence electrons. The van der Waals surface area contributed by atoms with Crippen molar-refractivity contribution in [2.45, 2.75) is 17.7 Å². The molecule has 15 heavy (non-hydrogen) atoms. The van der Waals surface area contributed by atoms with Crippen LogP contribution in [0, 0.1) is 0 Å². The number of rotatable bonds is 1. The van der Waals surface area contributed by atoms with E-state index < -0.39 is 10.1 Å². The van der Waals surface area contributed by atoms with Crippen LogP contribution >= 0.6 is 0 Å². The summed E-state index contributed by atoms with van der Waals surface area (Å²) in [7, 11) is -4.08. The second kappa shape index (κ2) is 4.84. The van der Waals surface area contributed by atoms with Crippen LogP contribution in [-0.2, 0) is 16.5 Å². The van der Waals surface area contributed by atoms with E-state index in [9.17, 15) is 8.42 Å². The summed E-state index contributed by atoms with van der Waals surface area (Å²) in [4.78, 5) is -0.0503. The average molecular weight is 237 g/mol. The number of benzene rings is 1. The zero-order chi connectivity index (χ0) is 10.2. The zero-order valence-corrected chi connectivity index (χ0v) is 11.3. The Morgan fingerprint density at radius 3 is 2.80 bits per heavy atom. The molecule has 0 unspecified atom stereocenters. The molecule has 1 aliphatic heterocycles. The number of hydrogen-bond donors (Lipinski definition) is 2. The minimum absolute atomic E-state index is 0. The molecule has 0 saturated carbocycles. The molecule has 1 aliphatic rings. The monoisotopic (exact) mass is 237 g/mol. The van der Waals surface area contributed by atoms with Crippen molar-refractivity contribution in [1.29, 1.82) is 0 Å². The van der Waals surface area contributed by atoms with Crippen LogP contribution in [0.4, 0.5) is 5.69 Å². The van der Waals surface area contributed by atoms with Gasteiger partial charge in [-0.05, 0) is 30.5 Å². The van der Waals surface area contributed by atoms with Crippen molar-refractivity contribution in [2.24, 2.45) is 0 Å². The van der Waals surface area contributed by atoms with Crippen molar-refractivity contribution >= 4 is 15.8 Å². The molecule has 6 heteroatoms. The Kier molecular flexibility index (Phi) is 4.20. The fourth-order valence-corrected chi connectivity index (χ4v) is 2.11. The summed E-state index contributed by atoms with van der Waals surface area (Å²) in [6, 6.07) is 4.65. The topological polar surface area (TPSA) is 66.4 Å². The molecule has 0 atom stereocenters. The summed E-state index contributed by atoms with van der Waals surface area (Å²) >= 11 is 0. The van der Waals surface area contributed by atoms with Gasteiger partial charge in [0.05, 0.1) is 4.90 Å². The van der Waals surface area contributed by atoms with Gasteiger partial charge in [-0.1, -0.05) is 6.07 Å². The minimum Gasteiger partial charge on any atom is -1.00 e. The Labute approximate surface area is 113 Å². The molecule has 1 aromatic carbocycles. The van der Waals surface area contributed by atoms with Crippen LogP contribution in [0.2, 0.25) is 0 Å². The third-order valence-electron chi connectivity index (χ3n) is 2.32. The predicted molar refractivity (Wildman–Crippen MR) is 54.2 cm³/mol. The number of anilines is 1. The van der Waals surface area contributed by atoms with Crippen LogP contribution in [0.5, 0.6) is 0 Å². The second-order valence-corrected chi connectivity index (χ2v) is 4.75. The predicted octanol–water partition coefficient (Wildman–Crippen LogP) is -1.59. The first-order chi connectivity index (χ1) is 6.57. The van der Waals surface area contributed by atoms with Crippen molar-refractivity contribution in [3.05, 3.63) is 23.8 Å². The number of hydrogen-bond acceptors (Lipinski definition) is 3. The van der Waals surface area contributed by atoms with Gasteiger partial charge in [-0.2, -0.15) is 8.42 Å². The maximum absolute atomic E-state index is 10.8. The van der Waals surface area contributed by atoms with Gasteiger partial charge < -0.3 is 6.74 Å². The summed E-state index contributed by atoms with van der Waals surface area (Å²) < 4.78 is 30.5. The number of aryl methyl sites for hydroxylation is 1. The molecule has 0 bridgehead atoms. The largest absolute Gasteiger partial charge is 1.00 e. The molecule has 4 nitrogen and oxygen atoms in total. The van der Waals surface area contributed by atoms with Crippen molar-refractivity contribution in [3.8, 4) is 0 Å². The smallest absolute Gasteiger partial charge is 1.00 e. The molecule has 0 radical (unpaired) electrons. The SMILES string of the molecule is O=S(=O)(O)c1ccc2c(c1)NCCC2.[H-].[Na+]. The van der Waals surface area contributed by atoms with Crippen LogP contribution in [-0.4, -0.2) is 19.5 Å². The molecule has 1 aromatic rings. The van der Waals surface area contributed by atoms with Gasteiger partial charge >= 0.3 is 29.6 Å². The van der Waals surface area contributed by atoms with E-state index in [4.69, 9.17) is 4.55 Å². The maximum atomic E-state index is 10.8. The molecule has 1 heterocycles. The van der Waals surface area contributed by atoms with E-state index in [0.29, 0.717) is 0 Å². The fraction of sp³-hybridized carbons (Fsp3) is 0.333. The first-order valence-corrected chi connectivity index (χ1v) is 5.86. The Morgan fingerprint density at radius 1 is 1.40 bits per heavy atom. The summed E-state index contributed by atoms with van der Waals surface area (Å²) in [5, 5.41) is 3.10. The van der Waals surface area contributed by atoms with Gasteiger partial charge in [0.25, 0.3) is 10.1 Å². The Balaban J connectivity index is 0.00000112. The summed E-state index contributed by atoms with van der Waals surface area (Å²) in [6.45, 7) is 0.849. The van der Waals surface area contributed by atoms with Crippen LogP contribution < -0.4 is 34.9 Å². The van der Waals surface area contributed by atoms with E-state index in [1.54, 1.807) is 6.07 Å². The number of nitrogens with one attached hydrogen (secondary N) is 1. The minimum atomic E-state index is -4.08. The van der Waals surface area contributed by atoms with Crippen molar-refractivity contribution < 1.29 is 44.0 Å². The Morgan fingerprint density at radius 2 is 2.13 bits per heavy atom. The molecule has 0 amide bonds. The first kappa shape index (κ1) is 13.0. The van der Waals surface area contributed by atoms with E-state index in [1.807, 2.05) is 0 Å². The van der Waals surface area contributed by atoms with Gasteiger partial charge in [-0.15, -0.1) is 0 Å². The van der Waals surface area contributed by atoms with Crippen molar-refractivity contribution in [1.82, 2.24) is 0 Å². The third kappa shape index (κ3) is 2.95. The van der Waals surface area contributed by atoms with Gasteiger partial charge in [0.2, 0.25) is 0 Å². The van der Waals surface area contributed by atoms with Crippen LogP contribution in [0.15, 0.2) is 23.1 Å². The quantitative estimate of drug-likeness (QED) is 0.456. The Bertz CT molecular complexity index is 464. The zero-order valence-electron chi connectivity index (χ0n) is 9.53. The normalized spacial score (nSPS) is 14.7. The van der Waals surface area contributed by atoms with Gasteiger partial charge in [0, 0.05) is 12.2 Å². The average Bonchev–Trinajstić information content (AvgIpc) is 2.16. The van der Waals surface area contributed by atoms with Crippen molar-refractivity contribution in [2.75, 3.05) is 11.9 Å². The van der Waals surface area contributed by atoms with Gasteiger partial charge in [0.1, 0.15) is 0 Å². The summed E-state index contributed by atoms with van der Waals surface area (Å²) in [6.07, 6.45) is 2.01. The molecular formula is C9H12NNaO3S. The molecule has 0 fully saturated rings. The summed E-state index contributed by atoms with van der Waals surface area (Å²) in [5.41, 5.74) is 1.91. The van der Waals surface area contributed by atoms with E-state index in [0.717, 1.165) is 30.6 Å². The molecule has 2 N–H and O–H groups in total. The van der Waals surface area contributed by atoms with Crippen molar-refractivity contribution in [3.63, 3.8) is 0 Å². The first-order valence-electron chi connectivity index (χ1n) is 4.42. The fourth-order valence-electron chi connectivity index (χ4n) is 1.60. The van der Waals surface area contributed by atoms with E-state index >= 15 is 0 Å². The molecule has 2 rings (SSSR count).